The van der Waals surface area contributed by atoms with Crippen molar-refractivity contribution >= 4 is 67.2 Å². The first-order valence-electron chi connectivity index (χ1n) is 25.7. The molecule has 1 aliphatic heterocycles. The average Bonchev–Trinajstić information content (AvgIpc) is 3.84. The van der Waals surface area contributed by atoms with Crippen LogP contribution in [0.1, 0.15) is 53.5 Å². The van der Waals surface area contributed by atoms with E-state index in [4.69, 9.17) is 19.2 Å². The van der Waals surface area contributed by atoms with Gasteiger partial charge in [0.1, 0.15) is 23.6 Å². The smallest absolute Gasteiger partial charge is 0.339 e. The summed E-state index contributed by atoms with van der Waals surface area (Å²) in [5.41, 5.74) is 7.08. The highest BCUT2D eigenvalue weighted by Crippen LogP contribution is 2.28. The number of hydrogen-bond acceptors (Lipinski definition) is 15. The molecule has 0 amide bonds. The Labute approximate surface area is 465 Å². The molecule has 1 fully saturated rings. The summed E-state index contributed by atoms with van der Waals surface area (Å²) in [4.78, 5) is 59.2. The summed E-state index contributed by atoms with van der Waals surface area (Å²) in [5.74, 6) is -1.34. The second kappa shape index (κ2) is 27.9. The Kier molecular flexibility index (Phi) is 20.6. The summed E-state index contributed by atoms with van der Waals surface area (Å²) in [6.45, 7) is 5.13. The van der Waals surface area contributed by atoms with Gasteiger partial charge in [0.05, 0.1) is 37.8 Å². The number of esters is 1. The van der Waals surface area contributed by atoms with Crippen LogP contribution in [-0.4, -0.2) is 131 Å². The fraction of sp³-hybridized carbons (Fsp3) is 0.283. The minimum atomic E-state index is -3.18. The van der Waals surface area contributed by atoms with E-state index in [2.05, 4.69) is 44.7 Å². The van der Waals surface area contributed by atoms with E-state index in [1.165, 1.54) is 23.2 Å². The summed E-state index contributed by atoms with van der Waals surface area (Å²) in [5, 5.41) is 26.6. The zero-order valence-electron chi connectivity index (χ0n) is 44.8. The third-order valence-corrected chi connectivity index (χ3v) is 15.5. The predicted molar refractivity (Wildman–Crippen MR) is 309 cm³/mol. The number of anilines is 4. The van der Waals surface area contributed by atoms with E-state index in [1.54, 1.807) is 84.1 Å². The molecule has 7 aromatic rings. The van der Waals surface area contributed by atoms with E-state index >= 15 is 0 Å². The second-order valence-electron chi connectivity index (χ2n) is 19.0. The van der Waals surface area contributed by atoms with Gasteiger partial charge in [-0.3, -0.25) is 4.79 Å². The number of aryl methyl sites for hydroxylation is 1. The van der Waals surface area contributed by atoms with Crippen molar-refractivity contribution in [3.05, 3.63) is 196 Å². The molecule has 17 nitrogen and oxygen atoms in total. The highest BCUT2D eigenvalue weighted by molar-refractivity contribution is 7.88. The largest absolute Gasteiger partial charge is 0.493 e. The van der Waals surface area contributed by atoms with Crippen molar-refractivity contribution in [2.24, 2.45) is 0 Å². The normalized spacial score (nSPS) is 13.2. The number of rotatable bonds is 24. The Morgan fingerprint density at radius 3 is 1.63 bits per heavy atom. The van der Waals surface area contributed by atoms with Gasteiger partial charge in [0.25, 0.3) is 0 Å². The molecule has 0 aliphatic carbocycles. The molecule has 2 atom stereocenters. The zero-order valence-corrected chi connectivity index (χ0v) is 46.5. The summed E-state index contributed by atoms with van der Waals surface area (Å²) >= 11 is 1.61. The van der Waals surface area contributed by atoms with Gasteiger partial charge in [-0.1, -0.05) is 91.0 Å². The first kappa shape index (κ1) is 58.4. The van der Waals surface area contributed by atoms with Gasteiger partial charge in [0, 0.05) is 99.0 Å². The number of nitrogens with zero attached hydrogens (tertiary/aromatic N) is 4. The first-order valence-corrected chi connectivity index (χ1v) is 28.3. The van der Waals surface area contributed by atoms with E-state index < -0.39 is 40.0 Å². The van der Waals surface area contributed by atoms with Crippen LogP contribution < -0.4 is 29.9 Å². The van der Waals surface area contributed by atoms with Crippen LogP contribution in [0.5, 0.6) is 11.5 Å². The Morgan fingerprint density at radius 2 is 1.13 bits per heavy atom. The third-order valence-electron chi connectivity index (χ3n) is 13.1. The Bertz CT molecular complexity index is 3260. The van der Waals surface area contributed by atoms with E-state index in [0.29, 0.717) is 74.1 Å². The monoisotopic (exact) mass is 1110 g/mol. The van der Waals surface area contributed by atoms with Crippen LogP contribution in [0.25, 0.3) is 0 Å². The number of aromatic nitrogens is 1. The van der Waals surface area contributed by atoms with Crippen LogP contribution in [0, 0.1) is 6.92 Å². The number of methoxy groups -OCH3 is 1. The van der Waals surface area contributed by atoms with Gasteiger partial charge in [0.2, 0.25) is 10.0 Å². The topological polar surface area (TPSA) is 217 Å². The highest BCUT2D eigenvalue weighted by atomic mass is 32.2. The number of benzene rings is 6. The molecule has 19 heteroatoms. The molecule has 414 valence electrons. The molecular formula is C60H66N6O11S2. The second-order valence-corrected chi connectivity index (χ2v) is 22.1. The molecule has 0 spiro atoms. The lowest BCUT2D eigenvalue weighted by molar-refractivity contribution is -0.138. The standard InChI is InChI=1S/C33H36N4O6S2.C27H30N2O5/c1-23-28(35-33(44-23)36-17-19-37(20-18-36)45(2,41)42)16-21-43-26-14-12-24(13-15-26)22-30(32(39)40)34-29-11-7-6-10-27(29)31(38)25-8-4-3-5-9-25;1-29(2)21-12-8-19(9-13-21)16-17-34-22-14-10-20(11-15-22)18-25(26(30)31)28-24-7-5-4-6-23(24)27(32)33-3/h3-15,30,34H,16-22H2,1-2H3,(H,39,40);4-15,25,28H,16-18H2,1-3H3,(H,30,31)/t30-;25-/m00/s1. The lowest BCUT2D eigenvalue weighted by Gasteiger charge is -2.32. The molecule has 0 bridgehead atoms. The number of hydrogen-bond donors (Lipinski definition) is 4. The van der Waals surface area contributed by atoms with E-state index in [-0.39, 0.29) is 24.2 Å². The van der Waals surface area contributed by atoms with E-state index in [9.17, 15) is 37.8 Å². The quantitative estimate of drug-likeness (QED) is 0.0328. The van der Waals surface area contributed by atoms with Crippen LogP contribution in [0.15, 0.2) is 152 Å². The predicted octanol–water partition coefficient (Wildman–Crippen LogP) is 8.76. The average molecular weight is 1110 g/mol. The van der Waals surface area contributed by atoms with Crippen LogP contribution in [0.2, 0.25) is 0 Å². The van der Waals surface area contributed by atoms with Crippen molar-refractivity contribution in [2.75, 3.05) is 87.3 Å². The number of carboxylic acid groups (broad SMARTS) is 2. The van der Waals surface area contributed by atoms with Gasteiger partial charge in [-0.15, -0.1) is 11.3 Å². The highest BCUT2D eigenvalue weighted by Gasteiger charge is 2.26. The fourth-order valence-corrected chi connectivity index (χ4v) is 10.5. The van der Waals surface area contributed by atoms with Gasteiger partial charge in [0.15, 0.2) is 10.9 Å². The molecule has 6 aromatic carbocycles. The fourth-order valence-electron chi connectivity index (χ4n) is 8.64. The van der Waals surface area contributed by atoms with Crippen molar-refractivity contribution in [1.82, 2.24) is 9.29 Å². The number of thiazole rings is 1. The Balaban J connectivity index is 0.000000238. The number of ether oxygens (including phenoxy) is 3. The van der Waals surface area contributed by atoms with Crippen molar-refractivity contribution in [3.8, 4) is 11.5 Å². The molecule has 2 heterocycles. The number of aliphatic carboxylic acids is 2. The van der Waals surface area contributed by atoms with Crippen molar-refractivity contribution in [2.45, 2.75) is 44.7 Å². The number of carboxylic acids is 2. The molecule has 79 heavy (non-hydrogen) atoms. The SMILES string of the molecule is COC(=O)c1ccccc1N[C@@H](Cc1ccc(OCCc2ccc(N(C)C)cc2)cc1)C(=O)O.Cc1sc(N2CCN(S(C)(=O)=O)CC2)nc1CCOc1ccc(C[C@H](Nc2ccccc2C(=O)c2ccccc2)C(=O)O)cc1. The molecule has 0 saturated carbocycles. The van der Waals surface area contributed by atoms with Gasteiger partial charge in [-0.25, -0.2) is 27.8 Å². The number of para-hydroxylation sites is 2. The van der Waals surface area contributed by atoms with E-state index in [1.807, 2.05) is 75.6 Å². The summed E-state index contributed by atoms with van der Waals surface area (Å²) < 4.78 is 41.7. The maximum absolute atomic E-state index is 13.1. The van der Waals surface area contributed by atoms with Gasteiger partial charge >= 0.3 is 17.9 Å². The van der Waals surface area contributed by atoms with E-state index in [0.717, 1.165) is 44.7 Å². The number of nitrogens with one attached hydrogen (secondary N) is 2. The number of carbonyl (C=O) groups excluding carboxylic acids is 2. The Morgan fingerprint density at radius 1 is 0.646 bits per heavy atom. The number of carbonyl (C=O) groups is 4. The maximum Gasteiger partial charge on any atom is 0.339 e. The summed E-state index contributed by atoms with van der Waals surface area (Å²) in [7, 11) is 2.13. The lowest BCUT2D eigenvalue weighted by atomic mass is 10.00. The Hall–Kier alpha value is -8.26. The van der Waals surface area contributed by atoms with Crippen LogP contribution in [-0.2, 0) is 50.0 Å². The summed E-state index contributed by atoms with van der Waals surface area (Å²) in [6, 6.07) is 43.7. The summed E-state index contributed by atoms with van der Waals surface area (Å²) in [6.07, 6.45) is 3.11. The number of ketones is 1. The first-order chi connectivity index (χ1) is 37.9. The molecule has 4 N–H and O–H groups in total. The molecular weight excluding hydrogens is 1040 g/mol. The third kappa shape index (κ3) is 16.9. The van der Waals surface area contributed by atoms with Gasteiger partial charge in [-0.05, 0) is 84.3 Å². The van der Waals surface area contributed by atoms with Gasteiger partial charge < -0.3 is 44.9 Å². The molecule has 1 aliphatic rings. The van der Waals surface area contributed by atoms with Crippen LogP contribution in [0.3, 0.4) is 0 Å². The van der Waals surface area contributed by atoms with Crippen molar-refractivity contribution in [3.63, 3.8) is 0 Å². The number of piperazine rings is 1. The maximum atomic E-state index is 13.1. The number of sulfonamides is 1. The van der Waals surface area contributed by atoms with Gasteiger partial charge in [-0.2, -0.15) is 4.31 Å². The van der Waals surface area contributed by atoms with Crippen LogP contribution >= 0.6 is 11.3 Å². The molecule has 0 radical (unpaired) electrons. The lowest BCUT2D eigenvalue weighted by Crippen LogP contribution is -2.48. The van der Waals surface area contributed by atoms with Crippen molar-refractivity contribution < 1.29 is 52.0 Å². The minimum absolute atomic E-state index is 0.180. The minimum Gasteiger partial charge on any atom is -0.493 e. The van der Waals surface area contributed by atoms with Crippen molar-refractivity contribution in [1.29, 1.82) is 0 Å². The molecule has 1 saturated heterocycles. The molecule has 1 aromatic heterocycles. The zero-order chi connectivity index (χ0) is 56.5. The molecule has 0 unspecified atom stereocenters. The molecule has 8 rings (SSSR count). The van der Waals surface area contributed by atoms with Crippen LogP contribution in [0.4, 0.5) is 22.2 Å².